The summed E-state index contributed by atoms with van der Waals surface area (Å²) in [6, 6.07) is -0.864. The van der Waals surface area contributed by atoms with E-state index >= 15 is 0 Å². The van der Waals surface area contributed by atoms with Crippen molar-refractivity contribution in [2.24, 2.45) is 0 Å². The zero-order chi connectivity index (χ0) is 23.2. The first-order valence-corrected chi connectivity index (χ1v) is 13.0. The molecule has 2 atom stereocenters. The molecule has 184 valence electrons. The zero-order valence-corrected chi connectivity index (χ0v) is 20.4. The minimum atomic E-state index is -1.26. The average molecular weight is 442 g/mol. The van der Waals surface area contributed by atoms with Crippen LogP contribution in [0, 0.1) is 0 Å². The zero-order valence-electron chi connectivity index (χ0n) is 20.4. The molecule has 0 saturated heterocycles. The van der Waals surface area contributed by atoms with Gasteiger partial charge in [-0.15, -0.1) is 0 Å². The Hall–Kier alpha value is -1.07. The van der Waals surface area contributed by atoms with Gasteiger partial charge in [0.25, 0.3) is 0 Å². The number of aliphatic hydroxyl groups is 3. The van der Waals surface area contributed by atoms with Crippen LogP contribution in [-0.4, -0.2) is 40.0 Å². The smallest absolute Gasteiger partial charge is 0.220 e. The first-order valence-electron chi connectivity index (χ1n) is 13.0. The molecule has 1 amide bonds. The van der Waals surface area contributed by atoms with Crippen molar-refractivity contribution in [2.75, 3.05) is 6.61 Å². The van der Waals surface area contributed by atoms with Gasteiger partial charge >= 0.3 is 0 Å². The number of amides is 1. The van der Waals surface area contributed by atoms with Gasteiger partial charge in [0, 0.05) is 6.42 Å². The lowest BCUT2D eigenvalue weighted by molar-refractivity contribution is -0.123. The van der Waals surface area contributed by atoms with Gasteiger partial charge in [0.1, 0.15) is 11.9 Å². The predicted molar refractivity (Wildman–Crippen MR) is 130 cm³/mol. The highest BCUT2D eigenvalue weighted by Crippen LogP contribution is 2.13. The van der Waals surface area contributed by atoms with E-state index in [1.807, 2.05) is 0 Å². The molecule has 0 unspecified atom stereocenters. The first kappa shape index (κ1) is 29.9. The number of rotatable bonds is 22. The summed E-state index contributed by atoms with van der Waals surface area (Å²) < 4.78 is 0. The molecule has 5 nitrogen and oxygen atoms in total. The van der Waals surface area contributed by atoms with Crippen LogP contribution in [0.1, 0.15) is 129 Å². The summed E-state index contributed by atoms with van der Waals surface area (Å²) in [5.41, 5.74) is 0. The van der Waals surface area contributed by atoms with E-state index in [1.54, 1.807) is 6.08 Å². The molecule has 0 saturated carbocycles. The molecule has 31 heavy (non-hydrogen) atoms. The fraction of sp³-hybridized carbons (Fsp3) is 0.885. The lowest BCUT2D eigenvalue weighted by Gasteiger charge is -2.22. The van der Waals surface area contributed by atoms with Crippen LogP contribution in [0.25, 0.3) is 0 Å². The second kappa shape index (κ2) is 22.1. The van der Waals surface area contributed by atoms with Crippen LogP contribution in [0.3, 0.4) is 0 Å². The normalized spacial score (nSPS) is 13.9. The maximum atomic E-state index is 12.0. The fourth-order valence-electron chi connectivity index (χ4n) is 3.78. The highest BCUT2D eigenvalue weighted by atomic mass is 16.3. The summed E-state index contributed by atoms with van der Waals surface area (Å²) in [6.45, 7) is 3.99. The van der Waals surface area contributed by atoms with E-state index in [-0.39, 0.29) is 11.7 Å². The largest absolute Gasteiger partial charge is 0.510 e. The average Bonchev–Trinajstić information content (AvgIpc) is 2.77. The molecular formula is C26H51NO4. The third kappa shape index (κ3) is 18.2. The molecule has 0 heterocycles. The van der Waals surface area contributed by atoms with Crippen molar-refractivity contribution in [1.82, 2.24) is 5.32 Å². The van der Waals surface area contributed by atoms with Gasteiger partial charge in [-0.2, -0.15) is 0 Å². The molecule has 0 aliphatic carbocycles. The van der Waals surface area contributed by atoms with Gasteiger partial charge in [-0.05, 0) is 25.3 Å². The minimum Gasteiger partial charge on any atom is -0.510 e. The monoisotopic (exact) mass is 441 g/mol. The lowest BCUT2D eigenvalue weighted by atomic mass is 10.0. The van der Waals surface area contributed by atoms with Crippen molar-refractivity contribution < 1.29 is 20.1 Å². The van der Waals surface area contributed by atoms with E-state index in [9.17, 15) is 20.1 Å². The van der Waals surface area contributed by atoms with E-state index in [0.717, 1.165) is 38.5 Å². The summed E-state index contributed by atoms with van der Waals surface area (Å²) in [4.78, 5) is 12.0. The second-order valence-corrected chi connectivity index (χ2v) is 8.92. The van der Waals surface area contributed by atoms with E-state index in [1.165, 1.54) is 64.2 Å². The Kier molecular flexibility index (Phi) is 21.4. The summed E-state index contributed by atoms with van der Waals surface area (Å²) in [5, 5.41) is 32.5. The number of carbonyl (C=O) groups excluding carboxylic acids is 1. The summed E-state index contributed by atoms with van der Waals surface area (Å²) in [6.07, 6.45) is 20.7. The molecule has 0 spiro atoms. The molecular weight excluding hydrogens is 390 g/mol. The summed E-state index contributed by atoms with van der Waals surface area (Å²) in [5.74, 6) is -0.345. The van der Waals surface area contributed by atoms with E-state index in [0.29, 0.717) is 12.8 Å². The number of hydrogen-bond donors (Lipinski definition) is 4. The van der Waals surface area contributed by atoms with Crippen molar-refractivity contribution in [3.63, 3.8) is 0 Å². The Morgan fingerprint density at radius 1 is 0.774 bits per heavy atom. The van der Waals surface area contributed by atoms with Gasteiger partial charge in [-0.25, -0.2) is 0 Å². The molecule has 4 N–H and O–H groups in total. The second-order valence-electron chi connectivity index (χ2n) is 8.92. The van der Waals surface area contributed by atoms with Crippen molar-refractivity contribution in [3.05, 3.63) is 11.8 Å². The lowest BCUT2D eigenvalue weighted by Crippen LogP contribution is -2.46. The number of aliphatic hydroxyl groups excluding tert-OH is 3. The van der Waals surface area contributed by atoms with Crippen LogP contribution in [0.5, 0.6) is 0 Å². The SMILES string of the molecule is CCCCCCCCCCCCC/C=C(\O)[C@@H](O)[C@H](CO)NC(=O)CCCCCCC. The minimum absolute atomic E-state index is 0.158. The van der Waals surface area contributed by atoms with Gasteiger partial charge in [0.15, 0.2) is 0 Å². The maximum Gasteiger partial charge on any atom is 0.220 e. The topological polar surface area (TPSA) is 89.8 Å². The number of hydrogen-bond acceptors (Lipinski definition) is 4. The van der Waals surface area contributed by atoms with Gasteiger partial charge in [-0.1, -0.05) is 104 Å². The van der Waals surface area contributed by atoms with Crippen LogP contribution >= 0.6 is 0 Å². The van der Waals surface area contributed by atoms with Crippen molar-refractivity contribution in [3.8, 4) is 0 Å². The molecule has 0 aromatic rings. The summed E-state index contributed by atoms with van der Waals surface area (Å²) >= 11 is 0. The van der Waals surface area contributed by atoms with Gasteiger partial charge in [0.05, 0.1) is 12.6 Å². The van der Waals surface area contributed by atoms with Gasteiger partial charge < -0.3 is 20.6 Å². The first-order chi connectivity index (χ1) is 15.1. The molecule has 0 aliphatic rings. The van der Waals surface area contributed by atoms with Crippen LogP contribution in [0.2, 0.25) is 0 Å². The Labute approximate surface area is 191 Å². The van der Waals surface area contributed by atoms with E-state index in [4.69, 9.17) is 0 Å². The molecule has 0 bridgehead atoms. The molecule has 5 heteroatoms. The molecule has 0 aliphatic heterocycles. The highest BCUT2D eigenvalue weighted by molar-refractivity contribution is 5.76. The molecule has 0 rings (SSSR count). The van der Waals surface area contributed by atoms with Gasteiger partial charge in [-0.3, -0.25) is 4.79 Å². The van der Waals surface area contributed by atoms with Crippen LogP contribution < -0.4 is 5.32 Å². The van der Waals surface area contributed by atoms with Crippen LogP contribution in [0.4, 0.5) is 0 Å². The van der Waals surface area contributed by atoms with Crippen molar-refractivity contribution in [1.29, 1.82) is 0 Å². The number of carbonyl (C=O) groups is 1. The van der Waals surface area contributed by atoms with Crippen LogP contribution in [-0.2, 0) is 4.79 Å². The molecule has 0 radical (unpaired) electrons. The third-order valence-electron chi connectivity index (χ3n) is 5.90. The Morgan fingerprint density at radius 2 is 1.23 bits per heavy atom. The number of unbranched alkanes of at least 4 members (excludes halogenated alkanes) is 15. The summed E-state index contributed by atoms with van der Waals surface area (Å²) in [7, 11) is 0. The van der Waals surface area contributed by atoms with E-state index in [2.05, 4.69) is 19.2 Å². The quantitative estimate of drug-likeness (QED) is 0.117. The Balaban J connectivity index is 3.89. The Morgan fingerprint density at radius 3 is 1.71 bits per heavy atom. The highest BCUT2D eigenvalue weighted by Gasteiger charge is 2.23. The maximum absolute atomic E-state index is 12.0. The molecule has 0 aromatic heterocycles. The predicted octanol–water partition coefficient (Wildman–Crippen LogP) is 6.33. The third-order valence-corrected chi connectivity index (χ3v) is 5.90. The Bertz CT molecular complexity index is 439. The van der Waals surface area contributed by atoms with Crippen molar-refractivity contribution >= 4 is 5.91 Å². The number of allylic oxidation sites excluding steroid dienone is 1. The number of nitrogens with one attached hydrogen (secondary N) is 1. The standard InChI is InChI=1S/C26H51NO4/c1-3-5-7-9-10-11-12-13-14-15-17-18-20-24(29)26(31)23(22-28)27-25(30)21-19-16-8-6-4-2/h20,23,26,28-29,31H,3-19,21-22H2,1-2H3,(H,27,30)/b24-20-/t23-,26-/m0/s1. The fourth-order valence-corrected chi connectivity index (χ4v) is 3.78. The molecule has 0 aromatic carbocycles. The molecule has 0 fully saturated rings. The van der Waals surface area contributed by atoms with E-state index < -0.39 is 18.8 Å². The van der Waals surface area contributed by atoms with Crippen LogP contribution in [0.15, 0.2) is 11.8 Å². The van der Waals surface area contributed by atoms with Crippen molar-refractivity contribution in [2.45, 2.75) is 142 Å². The van der Waals surface area contributed by atoms with Gasteiger partial charge in [0.2, 0.25) is 5.91 Å².